The second kappa shape index (κ2) is 8.58. The van der Waals surface area contributed by atoms with Crippen molar-refractivity contribution in [2.24, 2.45) is 0 Å². The number of carboxylic acid groups (broad SMARTS) is 1. The number of carbonyl (C=O) groups is 2. The molecule has 5 heteroatoms. The number of hydrogen-bond acceptors (Lipinski definition) is 3. The lowest BCUT2D eigenvalue weighted by Crippen LogP contribution is -2.37. The number of hydrogen-bond donors (Lipinski definition) is 1. The molecule has 0 fully saturated rings. The van der Waals surface area contributed by atoms with Crippen molar-refractivity contribution >= 4 is 23.6 Å². The lowest BCUT2D eigenvalue weighted by molar-refractivity contribution is -0.143. The minimum absolute atomic E-state index is 0.106. The van der Waals surface area contributed by atoms with E-state index in [2.05, 4.69) is 0 Å². The van der Waals surface area contributed by atoms with Gasteiger partial charge in [-0.15, -0.1) is 11.8 Å². The Morgan fingerprint density at radius 2 is 1.95 bits per heavy atom. The van der Waals surface area contributed by atoms with Crippen LogP contribution in [0.15, 0.2) is 30.3 Å². The van der Waals surface area contributed by atoms with E-state index >= 15 is 0 Å². The van der Waals surface area contributed by atoms with Gasteiger partial charge >= 0.3 is 5.97 Å². The standard InChI is InChI=1S/C14H19NO3S/c1-2-8-15(9-14(17)18)13(16)11-19-10-12-6-4-3-5-7-12/h3-7H,2,8-11H2,1H3,(H,17,18). The van der Waals surface area contributed by atoms with E-state index < -0.39 is 5.97 Å². The molecule has 0 aliphatic rings. The van der Waals surface area contributed by atoms with Gasteiger partial charge in [-0.1, -0.05) is 37.3 Å². The molecule has 0 saturated carbocycles. The van der Waals surface area contributed by atoms with Crippen LogP contribution in [0.4, 0.5) is 0 Å². The van der Waals surface area contributed by atoms with Crippen molar-refractivity contribution in [3.63, 3.8) is 0 Å². The molecule has 1 rings (SSSR count). The molecule has 0 saturated heterocycles. The summed E-state index contributed by atoms with van der Waals surface area (Å²) in [6, 6.07) is 9.91. The molecule has 4 nitrogen and oxygen atoms in total. The molecule has 1 aromatic carbocycles. The van der Waals surface area contributed by atoms with Gasteiger partial charge in [0.2, 0.25) is 5.91 Å². The van der Waals surface area contributed by atoms with Gasteiger partial charge in [0, 0.05) is 12.3 Å². The molecule has 1 N–H and O–H groups in total. The summed E-state index contributed by atoms with van der Waals surface area (Å²) in [5, 5.41) is 8.76. The van der Waals surface area contributed by atoms with E-state index in [1.54, 1.807) is 0 Å². The Morgan fingerprint density at radius 3 is 2.53 bits per heavy atom. The predicted octanol–water partition coefficient (Wildman–Crippen LogP) is 2.24. The van der Waals surface area contributed by atoms with E-state index in [0.717, 1.165) is 12.2 Å². The molecule has 0 spiro atoms. The maximum Gasteiger partial charge on any atom is 0.323 e. The highest BCUT2D eigenvalue weighted by Gasteiger charge is 2.15. The van der Waals surface area contributed by atoms with Crippen molar-refractivity contribution in [1.29, 1.82) is 0 Å². The van der Waals surface area contributed by atoms with Crippen LogP contribution in [0.1, 0.15) is 18.9 Å². The molecule has 0 atom stereocenters. The van der Waals surface area contributed by atoms with Crippen molar-refractivity contribution in [3.8, 4) is 0 Å². The normalized spacial score (nSPS) is 10.2. The highest BCUT2D eigenvalue weighted by molar-refractivity contribution is 7.99. The Kier molecular flexibility index (Phi) is 7.03. The zero-order chi connectivity index (χ0) is 14.1. The Balaban J connectivity index is 2.37. The summed E-state index contributed by atoms with van der Waals surface area (Å²) in [4.78, 5) is 24.0. The lowest BCUT2D eigenvalue weighted by Gasteiger charge is -2.19. The summed E-state index contributed by atoms with van der Waals surface area (Å²) >= 11 is 1.51. The molecule has 0 aliphatic carbocycles. The molecule has 0 aliphatic heterocycles. The molecule has 1 aromatic rings. The first-order chi connectivity index (χ1) is 9.13. The number of carboxylic acids is 1. The average Bonchev–Trinajstić information content (AvgIpc) is 2.39. The van der Waals surface area contributed by atoms with Crippen LogP contribution < -0.4 is 0 Å². The van der Waals surface area contributed by atoms with Crippen molar-refractivity contribution in [2.75, 3.05) is 18.8 Å². The first-order valence-electron chi connectivity index (χ1n) is 6.24. The number of aliphatic carboxylic acids is 1. The number of carbonyl (C=O) groups excluding carboxylic acids is 1. The van der Waals surface area contributed by atoms with Gasteiger partial charge in [0.1, 0.15) is 6.54 Å². The van der Waals surface area contributed by atoms with E-state index in [4.69, 9.17) is 5.11 Å². The van der Waals surface area contributed by atoms with E-state index in [0.29, 0.717) is 12.3 Å². The number of rotatable bonds is 8. The minimum atomic E-state index is -0.963. The third-order valence-electron chi connectivity index (χ3n) is 2.51. The predicted molar refractivity (Wildman–Crippen MR) is 77.1 cm³/mol. The van der Waals surface area contributed by atoms with Gasteiger partial charge in [0.15, 0.2) is 0 Å². The van der Waals surface area contributed by atoms with Crippen LogP contribution >= 0.6 is 11.8 Å². The summed E-state index contributed by atoms with van der Waals surface area (Å²) in [6.07, 6.45) is 0.766. The lowest BCUT2D eigenvalue weighted by atomic mass is 10.2. The number of amides is 1. The maximum absolute atomic E-state index is 11.9. The molecule has 0 aromatic heterocycles. The first-order valence-corrected chi connectivity index (χ1v) is 7.40. The highest BCUT2D eigenvalue weighted by atomic mass is 32.2. The van der Waals surface area contributed by atoms with Gasteiger partial charge in [-0.2, -0.15) is 0 Å². The van der Waals surface area contributed by atoms with Gasteiger partial charge < -0.3 is 10.0 Å². The van der Waals surface area contributed by atoms with Gasteiger partial charge in [-0.05, 0) is 12.0 Å². The van der Waals surface area contributed by atoms with Crippen LogP contribution in [0, 0.1) is 0 Å². The topological polar surface area (TPSA) is 57.6 Å². The van der Waals surface area contributed by atoms with Crippen LogP contribution in [-0.4, -0.2) is 40.7 Å². The fraction of sp³-hybridized carbons (Fsp3) is 0.429. The quantitative estimate of drug-likeness (QED) is 0.794. The highest BCUT2D eigenvalue weighted by Crippen LogP contribution is 2.12. The van der Waals surface area contributed by atoms with Crippen LogP contribution in [0.2, 0.25) is 0 Å². The summed E-state index contributed by atoms with van der Waals surface area (Å²) in [7, 11) is 0. The van der Waals surface area contributed by atoms with E-state index in [1.807, 2.05) is 37.3 Å². The summed E-state index contributed by atoms with van der Waals surface area (Å²) in [5.74, 6) is 0.0157. The van der Waals surface area contributed by atoms with Crippen LogP contribution in [0.3, 0.4) is 0 Å². The van der Waals surface area contributed by atoms with E-state index in [-0.39, 0.29) is 12.5 Å². The monoisotopic (exact) mass is 281 g/mol. The van der Waals surface area contributed by atoms with Crippen LogP contribution in [-0.2, 0) is 15.3 Å². The minimum Gasteiger partial charge on any atom is -0.480 e. The summed E-state index contributed by atoms with van der Waals surface area (Å²) < 4.78 is 0. The third-order valence-corrected chi connectivity index (χ3v) is 3.50. The van der Waals surface area contributed by atoms with Gasteiger partial charge in [-0.25, -0.2) is 0 Å². The fourth-order valence-electron chi connectivity index (χ4n) is 1.65. The van der Waals surface area contributed by atoms with Crippen molar-refractivity contribution < 1.29 is 14.7 Å². The Labute approximate surface area is 117 Å². The third kappa shape index (κ3) is 6.29. The maximum atomic E-state index is 11.9. The van der Waals surface area contributed by atoms with Crippen molar-refractivity contribution in [2.45, 2.75) is 19.1 Å². The molecule has 0 unspecified atom stereocenters. The van der Waals surface area contributed by atoms with E-state index in [9.17, 15) is 9.59 Å². The second-order valence-electron chi connectivity index (χ2n) is 4.19. The molecule has 1 amide bonds. The van der Waals surface area contributed by atoms with Crippen LogP contribution in [0.5, 0.6) is 0 Å². The first kappa shape index (κ1) is 15.6. The SMILES string of the molecule is CCCN(CC(=O)O)C(=O)CSCc1ccccc1. The number of benzene rings is 1. The number of nitrogens with zero attached hydrogens (tertiary/aromatic N) is 1. The average molecular weight is 281 g/mol. The largest absolute Gasteiger partial charge is 0.480 e. The second-order valence-corrected chi connectivity index (χ2v) is 5.17. The zero-order valence-corrected chi connectivity index (χ0v) is 11.9. The molecule has 19 heavy (non-hydrogen) atoms. The Morgan fingerprint density at radius 1 is 1.26 bits per heavy atom. The molecule has 0 radical (unpaired) electrons. The van der Waals surface area contributed by atoms with Gasteiger partial charge in [0.05, 0.1) is 5.75 Å². The molecular weight excluding hydrogens is 262 g/mol. The Bertz CT molecular complexity index is 408. The molecule has 0 bridgehead atoms. The Hall–Kier alpha value is -1.49. The summed E-state index contributed by atoms with van der Waals surface area (Å²) in [6.45, 7) is 2.22. The molecule has 104 valence electrons. The smallest absolute Gasteiger partial charge is 0.323 e. The van der Waals surface area contributed by atoms with Crippen molar-refractivity contribution in [3.05, 3.63) is 35.9 Å². The van der Waals surface area contributed by atoms with E-state index in [1.165, 1.54) is 22.2 Å². The zero-order valence-electron chi connectivity index (χ0n) is 11.0. The van der Waals surface area contributed by atoms with Gasteiger partial charge in [-0.3, -0.25) is 9.59 Å². The van der Waals surface area contributed by atoms with Gasteiger partial charge in [0.25, 0.3) is 0 Å². The van der Waals surface area contributed by atoms with Crippen LogP contribution in [0.25, 0.3) is 0 Å². The van der Waals surface area contributed by atoms with Crippen molar-refractivity contribution in [1.82, 2.24) is 4.90 Å². The number of thioether (sulfide) groups is 1. The fourth-order valence-corrected chi connectivity index (χ4v) is 2.53. The molecule has 0 heterocycles. The summed E-state index contributed by atoms with van der Waals surface area (Å²) in [5.41, 5.74) is 1.17. The molecular formula is C14H19NO3S.